The molecule has 1 aromatic carbocycles. The SMILES string of the molecule is NC(=O)CN1CC[C@@H](Cn2ccc3c(N(Cc4ccc(C(F)(F)F)cc4)C4CC4)ncnc32)[C@H](F)C1. The van der Waals surface area contributed by atoms with Crippen molar-refractivity contribution in [1.82, 2.24) is 19.4 Å². The molecule has 2 N–H and O–H groups in total. The summed E-state index contributed by atoms with van der Waals surface area (Å²) in [5, 5.41) is 0.831. The van der Waals surface area contributed by atoms with Gasteiger partial charge >= 0.3 is 6.18 Å². The third-order valence-electron chi connectivity index (χ3n) is 7.00. The fourth-order valence-electron chi connectivity index (χ4n) is 4.96. The number of amides is 1. The van der Waals surface area contributed by atoms with Crippen molar-refractivity contribution in [3.05, 3.63) is 54.0 Å². The van der Waals surface area contributed by atoms with E-state index in [9.17, 15) is 22.4 Å². The number of hydrogen-bond acceptors (Lipinski definition) is 5. The van der Waals surface area contributed by atoms with Crippen LogP contribution in [0.3, 0.4) is 0 Å². The normalized spacial score (nSPS) is 21.1. The molecule has 2 atom stereocenters. The Balaban J connectivity index is 1.34. The van der Waals surface area contributed by atoms with E-state index in [1.165, 1.54) is 18.5 Å². The number of carbonyl (C=O) groups is 1. The predicted octanol–water partition coefficient (Wildman–Crippen LogP) is 3.76. The van der Waals surface area contributed by atoms with Gasteiger partial charge in [0.15, 0.2) is 0 Å². The van der Waals surface area contributed by atoms with Crippen molar-refractivity contribution in [2.75, 3.05) is 24.5 Å². The molecule has 3 heterocycles. The van der Waals surface area contributed by atoms with Crippen molar-refractivity contribution in [2.24, 2.45) is 11.7 Å². The van der Waals surface area contributed by atoms with Gasteiger partial charge in [-0.1, -0.05) is 12.1 Å². The molecule has 1 saturated carbocycles. The number of hydrogen-bond donors (Lipinski definition) is 1. The smallest absolute Gasteiger partial charge is 0.369 e. The zero-order valence-electron chi connectivity index (χ0n) is 19.7. The van der Waals surface area contributed by atoms with E-state index >= 15 is 0 Å². The first kappa shape index (κ1) is 24.5. The van der Waals surface area contributed by atoms with E-state index in [1.54, 1.807) is 4.90 Å². The molecule has 2 aromatic heterocycles. The van der Waals surface area contributed by atoms with Crippen molar-refractivity contribution in [2.45, 2.75) is 50.7 Å². The lowest BCUT2D eigenvalue weighted by Crippen LogP contribution is -2.46. The standard InChI is InChI=1S/C25H28F4N6O/c26-21-13-33(14-22(30)36)9-7-17(21)12-34-10-8-20-23(34)31-15-32-24(20)35(19-5-6-19)11-16-1-3-18(4-2-16)25(27,28)29/h1-4,8,10,15,17,19,21H,5-7,9,11-14H2,(H2,30,36)/t17-,21+/m0/s1. The monoisotopic (exact) mass is 504 g/mol. The average molecular weight is 505 g/mol. The van der Waals surface area contributed by atoms with Crippen molar-refractivity contribution in [3.63, 3.8) is 0 Å². The molecule has 5 rings (SSSR count). The first-order valence-corrected chi connectivity index (χ1v) is 12.1. The summed E-state index contributed by atoms with van der Waals surface area (Å²) in [6.07, 6.45) is 0.495. The molecule has 2 fully saturated rings. The van der Waals surface area contributed by atoms with Gasteiger partial charge < -0.3 is 15.2 Å². The van der Waals surface area contributed by atoms with Gasteiger partial charge in [0, 0.05) is 37.8 Å². The van der Waals surface area contributed by atoms with Crippen LogP contribution in [0.1, 0.15) is 30.4 Å². The van der Waals surface area contributed by atoms with Crippen LogP contribution in [0.5, 0.6) is 0 Å². The molecule has 192 valence electrons. The number of halogens is 4. The molecule has 2 aliphatic rings. The lowest BCUT2D eigenvalue weighted by molar-refractivity contribution is -0.137. The van der Waals surface area contributed by atoms with Crippen LogP contribution in [0.2, 0.25) is 0 Å². The van der Waals surface area contributed by atoms with Crippen molar-refractivity contribution in [3.8, 4) is 0 Å². The van der Waals surface area contributed by atoms with Gasteiger partial charge in [0.2, 0.25) is 5.91 Å². The summed E-state index contributed by atoms with van der Waals surface area (Å²) in [6.45, 7) is 1.73. The predicted molar refractivity (Wildman–Crippen MR) is 127 cm³/mol. The van der Waals surface area contributed by atoms with Crippen LogP contribution < -0.4 is 10.6 Å². The number of likely N-dealkylation sites (tertiary alicyclic amines) is 1. The van der Waals surface area contributed by atoms with Gasteiger partial charge in [-0.05, 0) is 49.6 Å². The lowest BCUT2D eigenvalue weighted by Gasteiger charge is -2.34. The number of rotatable bonds is 8. The van der Waals surface area contributed by atoms with Gasteiger partial charge in [0.1, 0.15) is 24.0 Å². The minimum Gasteiger partial charge on any atom is -0.369 e. The number of carbonyl (C=O) groups excluding carboxylic acids is 1. The molecule has 1 amide bonds. The molecule has 1 aliphatic carbocycles. The van der Waals surface area contributed by atoms with Gasteiger partial charge in [-0.3, -0.25) is 9.69 Å². The molecule has 7 nitrogen and oxygen atoms in total. The van der Waals surface area contributed by atoms with Crippen molar-refractivity contribution >= 4 is 22.8 Å². The highest BCUT2D eigenvalue weighted by Crippen LogP contribution is 2.36. The van der Waals surface area contributed by atoms with Crippen LogP contribution in [0.4, 0.5) is 23.4 Å². The second-order valence-electron chi connectivity index (χ2n) is 9.72. The van der Waals surface area contributed by atoms with E-state index in [0.717, 1.165) is 41.7 Å². The number of benzene rings is 1. The molecule has 0 spiro atoms. The minimum atomic E-state index is -4.37. The Labute approximate surface area is 205 Å². The number of primary amides is 1. The highest BCUT2D eigenvalue weighted by molar-refractivity contribution is 5.88. The van der Waals surface area contributed by atoms with Crippen LogP contribution in [0.25, 0.3) is 11.0 Å². The van der Waals surface area contributed by atoms with E-state index in [-0.39, 0.29) is 25.0 Å². The van der Waals surface area contributed by atoms with Gasteiger partial charge in [0.05, 0.1) is 17.5 Å². The molecule has 0 bridgehead atoms. The van der Waals surface area contributed by atoms with Gasteiger partial charge in [-0.2, -0.15) is 13.2 Å². The number of nitrogens with zero attached hydrogens (tertiary/aromatic N) is 5. The lowest BCUT2D eigenvalue weighted by atomic mass is 9.94. The maximum atomic E-state index is 14.9. The summed E-state index contributed by atoms with van der Waals surface area (Å²) in [7, 11) is 0. The minimum absolute atomic E-state index is 0.0616. The fraction of sp³-hybridized carbons (Fsp3) is 0.480. The summed E-state index contributed by atoms with van der Waals surface area (Å²) < 4.78 is 55.7. The molecular formula is C25H28F4N6O. The first-order chi connectivity index (χ1) is 17.2. The second-order valence-corrected chi connectivity index (χ2v) is 9.72. The molecule has 36 heavy (non-hydrogen) atoms. The molecule has 11 heteroatoms. The Hall–Kier alpha value is -3.21. The van der Waals surface area contributed by atoms with E-state index in [4.69, 9.17) is 5.73 Å². The van der Waals surface area contributed by atoms with Crippen molar-refractivity contribution in [1.29, 1.82) is 0 Å². The van der Waals surface area contributed by atoms with E-state index < -0.39 is 23.8 Å². The van der Waals surface area contributed by atoms with Crippen LogP contribution >= 0.6 is 0 Å². The van der Waals surface area contributed by atoms with Crippen LogP contribution in [-0.2, 0) is 24.1 Å². The third kappa shape index (κ3) is 5.30. The highest BCUT2D eigenvalue weighted by Gasteiger charge is 2.34. The first-order valence-electron chi connectivity index (χ1n) is 12.1. The maximum absolute atomic E-state index is 14.9. The fourth-order valence-corrected chi connectivity index (χ4v) is 4.96. The Morgan fingerprint density at radius 2 is 1.86 bits per heavy atom. The van der Waals surface area contributed by atoms with Gasteiger partial charge in [-0.15, -0.1) is 0 Å². The Morgan fingerprint density at radius 3 is 2.50 bits per heavy atom. The second kappa shape index (κ2) is 9.68. The van der Waals surface area contributed by atoms with Gasteiger partial charge in [0.25, 0.3) is 0 Å². The number of nitrogens with two attached hydrogens (primary N) is 1. The molecule has 1 saturated heterocycles. The Kier molecular flexibility index (Phi) is 6.59. The maximum Gasteiger partial charge on any atom is 0.416 e. The Bertz CT molecular complexity index is 1220. The molecule has 3 aromatic rings. The number of anilines is 1. The number of alkyl halides is 4. The molecule has 0 radical (unpaired) electrons. The van der Waals surface area contributed by atoms with Crippen LogP contribution in [0.15, 0.2) is 42.9 Å². The van der Waals surface area contributed by atoms with Crippen LogP contribution in [0, 0.1) is 5.92 Å². The molecular weight excluding hydrogens is 476 g/mol. The van der Waals surface area contributed by atoms with E-state index in [2.05, 4.69) is 14.9 Å². The largest absolute Gasteiger partial charge is 0.416 e. The summed E-state index contributed by atoms with van der Waals surface area (Å²) in [6, 6.07) is 7.41. The quantitative estimate of drug-likeness (QED) is 0.473. The van der Waals surface area contributed by atoms with E-state index in [1.807, 2.05) is 16.8 Å². The van der Waals surface area contributed by atoms with E-state index in [0.29, 0.717) is 31.7 Å². The number of fused-ring (bicyclic) bond motifs is 1. The molecule has 1 aliphatic heterocycles. The van der Waals surface area contributed by atoms with Crippen LogP contribution in [-0.4, -0.2) is 57.2 Å². The number of aromatic nitrogens is 3. The Morgan fingerprint density at radius 1 is 1.11 bits per heavy atom. The summed E-state index contributed by atoms with van der Waals surface area (Å²) >= 11 is 0. The summed E-state index contributed by atoms with van der Waals surface area (Å²) in [5.41, 5.74) is 6.04. The summed E-state index contributed by atoms with van der Waals surface area (Å²) in [4.78, 5) is 24.0. The average Bonchev–Trinajstić information content (AvgIpc) is 3.59. The third-order valence-corrected chi connectivity index (χ3v) is 7.00. The molecule has 0 unspecified atom stereocenters. The zero-order valence-corrected chi connectivity index (χ0v) is 19.7. The zero-order chi connectivity index (χ0) is 25.4. The number of piperidine rings is 1. The highest BCUT2D eigenvalue weighted by atomic mass is 19.4. The van der Waals surface area contributed by atoms with Gasteiger partial charge in [-0.25, -0.2) is 14.4 Å². The topological polar surface area (TPSA) is 80.3 Å². The summed E-state index contributed by atoms with van der Waals surface area (Å²) in [5.74, 6) is 0.0573. The van der Waals surface area contributed by atoms with Crippen molar-refractivity contribution < 1.29 is 22.4 Å².